The van der Waals surface area contributed by atoms with Crippen LogP contribution in [0.2, 0.25) is 0 Å². The maximum Gasteiger partial charge on any atom is 0.243 e. The van der Waals surface area contributed by atoms with E-state index in [4.69, 9.17) is 6.42 Å². The van der Waals surface area contributed by atoms with Crippen molar-refractivity contribution in [3.05, 3.63) is 0 Å². The molecule has 0 bridgehead atoms. The Morgan fingerprint density at radius 2 is 1.93 bits per heavy atom. The van der Waals surface area contributed by atoms with Crippen LogP contribution in [0.25, 0.3) is 0 Å². The number of carbonyl (C=O) groups is 2. The predicted molar refractivity (Wildman–Crippen MR) is 58.9 cm³/mol. The van der Waals surface area contributed by atoms with E-state index in [-0.39, 0.29) is 18.4 Å². The largest absolute Gasteiger partial charge is 0.344 e. The van der Waals surface area contributed by atoms with Crippen molar-refractivity contribution in [3.63, 3.8) is 0 Å². The van der Waals surface area contributed by atoms with Crippen LogP contribution in [0, 0.1) is 17.8 Å². The summed E-state index contributed by atoms with van der Waals surface area (Å²) < 4.78 is 0. The molecule has 0 spiro atoms. The van der Waals surface area contributed by atoms with Gasteiger partial charge in [-0.15, -0.1) is 6.42 Å². The van der Waals surface area contributed by atoms with Gasteiger partial charge in [0, 0.05) is 5.41 Å². The fourth-order valence-electron chi connectivity index (χ4n) is 0.770. The van der Waals surface area contributed by atoms with Gasteiger partial charge in [0.15, 0.2) is 0 Å². The highest BCUT2D eigenvalue weighted by Gasteiger charge is 2.24. The van der Waals surface area contributed by atoms with Gasteiger partial charge in [-0.05, 0) is 6.92 Å². The third-order valence-corrected chi connectivity index (χ3v) is 1.79. The van der Waals surface area contributed by atoms with Crippen molar-refractivity contribution < 1.29 is 9.59 Å². The van der Waals surface area contributed by atoms with E-state index in [0.717, 1.165) is 0 Å². The molecule has 0 aromatic rings. The zero-order valence-electron chi connectivity index (χ0n) is 9.68. The van der Waals surface area contributed by atoms with E-state index in [2.05, 4.69) is 16.6 Å². The Kier molecular flexibility index (Phi) is 4.86. The molecule has 0 fully saturated rings. The average molecular weight is 210 g/mol. The minimum absolute atomic E-state index is 0.161. The van der Waals surface area contributed by atoms with Crippen LogP contribution in [-0.4, -0.2) is 24.4 Å². The Bertz CT molecular complexity index is 284. The molecule has 1 unspecified atom stereocenters. The van der Waals surface area contributed by atoms with Gasteiger partial charge in [-0.1, -0.05) is 26.7 Å². The van der Waals surface area contributed by atoms with Crippen LogP contribution < -0.4 is 10.6 Å². The molecule has 4 nitrogen and oxygen atoms in total. The van der Waals surface area contributed by atoms with Gasteiger partial charge >= 0.3 is 0 Å². The van der Waals surface area contributed by atoms with E-state index in [9.17, 15) is 9.59 Å². The van der Waals surface area contributed by atoms with Crippen molar-refractivity contribution in [1.29, 1.82) is 0 Å². The Morgan fingerprint density at radius 3 is 2.33 bits per heavy atom. The first kappa shape index (κ1) is 13.5. The summed E-state index contributed by atoms with van der Waals surface area (Å²) in [5, 5.41) is 5.11. The molecule has 0 saturated heterocycles. The second-order valence-electron chi connectivity index (χ2n) is 4.37. The second-order valence-corrected chi connectivity index (χ2v) is 4.37. The third-order valence-electron chi connectivity index (χ3n) is 1.79. The monoisotopic (exact) mass is 210 g/mol. The second kappa shape index (κ2) is 5.40. The van der Waals surface area contributed by atoms with Gasteiger partial charge < -0.3 is 10.6 Å². The first-order valence-electron chi connectivity index (χ1n) is 4.81. The van der Waals surface area contributed by atoms with Crippen molar-refractivity contribution in [2.24, 2.45) is 5.41 Å². The molecule has 0 rings (SSSR count). The molecule has 0 aliphatic carbocycles. The standard InChI is InChI=1S/C11H18N2O2/c1-6-7-12-9(14)8(2)13-10(15)11(3,4)5/h1,8H,7H2,2-5H3,(H,12,14)(H,13,15). The molecular formula is C11H18N2O2. The summed E-state index contributed by atoms with van der Waals surface area (Å²) in [4.78, 5) is 22.9. The molecule has 1 atom stereocenters. The van der Waals surface area contributed by atoms with Crippen LogP contribution in [0.1, 0.15) is 27.7 Å². The summed E-state index contributed by atoms with van der Waals surface area (Å²) in [6, 6.07) is -0.565. The SMILES string of the molecule is C#CCNC(=O)C(C)NC(=O)C(C)(C)C. The maximum absolute atomic E-state index is 11.5. The Hall–Kier alpha value is -1.50. The van der Waals surface area contributed by atoms with Crippen molar-refractivity contribution in [2.45, 2.75) is 33.7 Å². The first-order valence-corrected chi connectivity index (χ1v) is 4.81. The van der Waals surface area contributed by atoms with E-state index in [1.165, 1.54) is 0 Å². The van der Waals surface area contributed by atoms with Gasteiger partial charge in [0.2, 0.25) is 11.8 Å². The quantitative estimate of drug-likeness (QED) is 0.658. The summed E-state index contributed by atoms with van der Waals surface area (Å²) in [7, 11) is 0. The average Bonchev–Trinajstić information content (AvgIpc) is 2.12. The Balaban J connectivity index is 4.15. The highest BCUT2D eigenvalue weighted by atomic mass is 16.2. The number of nitrogens with one attached hydrogen (secondary N) is 2. The minimum atomic E-state index is -0.565. The number of rotatable bonds is 3. The number of hydrogen-bond donors (Lipinski definition) is 2. The molecule has 15 heavy (non-hydrogen) atoms. The van der Waals surface area contributed by atoms with Crippen molar-refractivity contribution in [1.82, 2.24) is 10.6 Å². The van der Waals surface area contributed by atoms with Crippen LogP contribution in [-0.2, 0) is 9.59 Å². The zero-order chi connectivity index (χ0) is 12.1. The van der Waals surface area contributed by atoms with E-state index >= 15 is 0 Å². The zero-order valence-corrected chi connectivity index (χ0v) is 9.68. The van der Waals surface area contributed by atoms with Gasteiger partial charge in [-0.3, -0.25) is 9.59 Å². The molecule has 84 valence electrons. The maximum atomic E-state index is 11.5. The van der Waals surface area contributed by atoms with Crippen molar-refractivity contribution in [3.8, 4) is 12.3 Å². The summed E-state index contributed by atoms with van der Waals surface area (Å²) in [5.74, 6) is 1.86. The highest BCUT2D eigenvalue weighted by Crippen LogP contribution is 2.12. The summed E-state index contributed by atoms with van der Waals surface area (Å²) in [6.07, 6.45) is 5.00. The molecular weight excluding hydrogens is 192 g/mol. The summed E-state index contributed by atoms with van der Waals surface area (Å²) in [5.41, 5.74) is -0.499. The number of terminal acetylenes is 1. The van der Waals surface area contributed by atoms with Crippen LogP contribution in [0.4, 0.5) is 0 Å². The fraction of sp³-hybridized carbons (Fsp3) is 0.636. The molecule has 2 amide bonds. The number of carbonyl (C=O) groups excluding carboxylic acids is 2. The predicted octanol–water partition coefficient (Wildman–Crippen LogP) is 0.287. The normalized spacial score (nSPS) is 12.5. The molecule has 4 heteroatoms. The lowest BCUT2D eigenvalue weighted by atomic mass is 9.95. The van der Waals surface area contributed by atoms with E-state index in [1.54, 1.807) is 27.7 Å². The molecule has 0 radical (unpaired) electrons. The van der Waals surface area contributed by atoms with Crippen molar-refractivity contribution in [2.75, 3.05) is 6.54 Å². The van der Waals surface area contributed by atoms with Crippen LogP contribution in [0.5, 0.6) is 0 Å². The van der Waals surface area contributed by atoms with E-state index in [1.807, 2.05) is 0 Å². The van der Waals surface area contributed by atoms with Gasteiger partial charge in [-0.25, -0.2) is 0 Å². The first-order chi connectivity index (χ1) is 6.79. The topological polar surface area (TPSA) is 58.2 Å². The highest BCUT2D eigenvalue weighted by molar-refractivity contribution is 5.89. The Morgan fingerprint density at radius 1 is 1.40 bits per heavy atom. The minimum Gasteiger partial charge on any atom is -0.344 e. The summed E-state index contributed by atoms with van der Waals surface area (Å²) in [6.45, 7) is 7.15. The lowest BCUT2D eigenvalue weighted by Crippen LogP contribution is -2.48. The smallest absolute Gasteiger partial charge is 0.243 e. The van der Waals surface area contributed by atoms with Crippen LogP contribution >= 0.6 is 0 Å². The lowest BCUT2D eigenvalue weighted by molar-refractivity contribution is -0.133. The van der Waals surface area contributed by atoms with E-state index < -0.39 is 11.5 Å². The van der Waals surface area contributed by atoms with Gasteiger partial charge in [0.05, 0.1) is 6.54 Å². The number of hydrogen-bond acceptors (Lipinski definition) is 2. The van der Waals surface area contributed by atoms with Crippen molar-refractivity contribution >= 4 is 11.8 Å². The lowest BCUT2D eigenvalue weighted by Gasteiger charge is -2.21. The molecule has 0 saturated carbocycles. The van der Waals surface area contributed by atoms with E-state index in [0.29, 0.717) is 0 Å². The van der Waals surface area contributed by atoms with Gasteiger partial charge in [-0.2, -0.15) is 0 Å². The molecule has 0 heterocycles. The third kappa shape index (κ3) is 5.06. The molecule has 2 N–H and O–H groups in total. The molecule has 0 aromatic carbocycles. The molecule has 0 aliphatic rings. The fourth-order valence-corrected chi connectivity index (χ4v) is 0.770. The van der Waals surface area contributed by atoms with Gasteiger partial charge in [0.25, 0.3) is 0 Å². The molecule has 0 aliphatic heterocycles. The van der Waals surface area contributed by atoms with Crippen LogP contribution in [0.3, 0.4) is 0 Å². The van der Waals surface area contributed by atoms with Gasteiger partial charge in [0.1, 0.15) is 6.04 Å². The number of amides is 2. The van der Waals surface area contributed by atoms with Crippen LogP contribution in [0.15, 0.2) is 0 Å². The summed E-state index contributed by atoms with van der Waals surface area (Å²) >= 11 is 0. The Labute approximate surface area is 90.8 Å². The molecule has 0 aromatic heterocycles.